The van der Waals surface area contributed by atoms with Crippen molar-refractivity contribution >= 4 is 10.0 Å². The van der Waals surface area contributed by atoms with Gasteiger partial charge in [-0.2, -0.15) is 0 Å². The van der Waals surface area contributed by atoms with E-state index in [2.05, 4.69) is 5.14 Å². The van der Waals surface area contributed by atoms with E-state index in [1.165, 1.54) is 0 Å². The molecule has 1 aliphatic carbocycles. The maximum absolute atomic E-state index is 12.3. The van der Waals surface area contributed by atoms with Gasteiger partial charge in [-0.3, -0.25) is 0 Å². The van der Waals surface area contributed by atoms with Gasteiger partial charge in [0.25, 0.3) is 0 Å². The Hall–Kier alpha value is -0.160. The summed E-state index contributed by atoms with van der Waals surface area (Å²) in [6.07, 6.45) is 0.123. The summed E-state index contributed by atoms with van der Waals surface area (Å²) in [6, 6.07) is 0. The molecular formula is C4H10FNO2S. The molecule has 1 aliphatic rings. The molecule has 0 bridgehead atoms. The van der Waals surface area contributed by atoms with Crippen molar-refractivity contribution in [2.24, 2.45) is 5.14 Å². The number of rotatable bonds is 1. The number of hydrogen-bond donors (Lipinski definition) is 1. The summed E-state index contributed by atoms with van der Waals surface area (Å²) in [5, 5.41) is 2.41. The van der Waals surface area contributed by atoms with E-state index in [0.29, 0.717) is 0 Å². The van der Waals surface area contributed by atoms with Crippen LogP contribution in [0, 0.1) is 0 Å². The predicted molar refractivity (Wildman–Crippen MR) is 32.9 cm³/mol. The number of nitrogens with two attached hydrogens (primary N) is 1. The molecule has 1 rings (SSSR count). The molecule has 3 nitrogen and oxygen atoms in total. The molecule has 5 heteroatoms. The van der Waals surface area contributed by atoms with E-state index in [1.54, 1.807) is 0 Å². The predicted octanol–water partition coefficient (Wildman–Crippen LogP) is 0.371. The van der Waals surface area contributed by atoms with Crippen LogP contribution in [0.5, 0.6) is 0 Å². The zero-order chi connectivity index (χ0) is 6.41. The Morgan fingerprint density at radius 3 is 1.78 bits per heavy atom. The van der Waals surface area contributed by atoms with Crippen molar-refractivity contribution in [1.29, 1.82) is 0 Å². The van der Waals surface area contributed by atoms with Gasteiger partial charge in [0, 0.05) is 12.8 Å². The SMILES string of the molecule is C.NS(=O)(=O)C1(F)CC1. The highest BCUT2D eigenvalue weighted by atomic mass is 32.2. The molecule has 2 N–H and O–H groups in total. The van der Waals surface area contributed by atoms with Crippen LogP contribution >= 0.6 is 0 Å². The Balaban J connectivity index is 0.000000640. The first-order chi connectivity index (χ1) is 3.46. The smallest absolute Gasteiger partial charge is 0.226 e. The summed E-state index contributed by atoms with van der Waals surface area (Å²) in [6.45, 7) is 0. The third-order valence-electron chi connectivity index (χ3n) is 1.15. The summed E-state index contributed by atoms with van der Waals surface area (Å²) in [7, 11) is -3.90. The molecule has 0 amide bonds. The van der Waals surface area contributed by atoms with Gasteiger partial charge in [-0.15, -0.1) is 0 Å². The standard InChI is InChI=1S/C3H6FNO2S.CH4/c4-3(1-2-3)8(5,6)7;/h1-2H2,(H2,5,6,7);1H4. The van der Waals surface area contributed by atoms with Crippen LogP contribution in [-0.2, 0) is 10.0 Å². The maximum Gasteiger partial charge on any atom is 0.244 e. The van der Waals surface area contributed by atoms with Crippen LogP contribution in [0.2, 0.25) is 0 Å². The Kier molecular flexibility index (Phi) is 1.88. The topological polar surface area (TPSA) is 60.2 Å². The molecule has 0 unspecified atom stereocenters. The molecule has 1 fully saturated rings. The van der Waals surface area contributed by atoms with E-state index >= 15 is 0 Å². The summed E-state index contributed by atoms with van der Waals surface area (Å²) in [4.78, 5) is 0. The maximum atomic E-state index is 12.3. The highest BCUT2D eigenvalue weighted by Gasteiger charge is 2.54. The van der Waals surface area contributed by atoms with Gasteiger partial charge in [0.1, 0.15) is 0 Å². The summed E-state index contributed by atoms with van der Waals surface area (Å²) >= 11 is 0. The average Bonchev–Trinajstić information content (AvgIpc) is 2.16. The lowest BCUT2D eigenvalue weighted by molar-refractivity contribution is 0.403. The lowest BCUT2D eigenvalue weighted by atomic mass is 10.9. The number of alkyl halides is 1. The van der Waals surface area contributed by atoms with Gasteiger partial charge < -0.3 is 0 Å². The number of sulfonamides is 1. The van der Waals surface area contributed by atoms with Crippen molar-refractivity contribution in [2.75, 3.05) is 0 Å². The lowest BCUT2D eigenvalue weighted by Gasteiger charge is -1.96. The lowest BCUT2D eigenvalue weighted by Crippen LogP contribution is -2.25. The van der Waals surface area contributed by atoms with Crippen LogP contribution in [0.25, 0.3) is 0 Å². The summed E-state index contributed by atoms with van der Waals surface area (Å²) < 4.78 is 32.5. The molecule has 0 aromatic heterocycles. The van der Waals surface area contributed by atoms with E-state index in [-0.39, 0.29) is 20.3 Å². The zero-order valence-electron chi connectivity index (χ0n) is 4.09. The second-order valence-corrected chi connectivity index (χ2v) is 3.75. The molecule has 0 spiro atoms. The van der Waals surface area contributed by atoms with Crippen molar-refractivity contribution < 1.29 is 12.8 Å². The minimum atomic E-state index is -3.90. The fourth-order valence-electron chi connectivity index (χ4n) is 0.383. The fraction of sp³-hybridized carbons (Fsp3) is 1.00. The highest BCUT2D eigenvalue weighted by molar-refractivity contribution is 7.90. The Morgan fingerprint density at radius 2 is 1.78 bits per heavy atom. The van der Waals surface area contributed by atoms with Gasteiger partial charge in [0.15, 0.2) is 0 Å². The highest BCUT2D eigenvalue weighted by Crippen LogP contribution is 2.43. The molecule has 0 radical (unpaired) electrons. The van der Waals surface area contributed by atoms with Gasteiger partial charge >= 0.3 is 0 Å². The molecule has 0 aromatic carbocycles. The van der Waals surface area contributed by atoms with Gasteiger partial charge in [0.05, 0.1) is 0 Å². The Morgan fingerprint density at radius 1 is 1.44 bits per heavy atom. The molecular weight excluding hydrogens is 145 g/mol. The number of halogens is 1. The summed E-state index contributed by atoms with van der Waals surface area (Å²) in [5.74, 6) is 0. The molecule has 0 atom stereocenters. The van der Waals surface area contributed by atoms with E-state index in [1.807, 2.05) is 0 Å². The van der Waals surface area contributed by atoms with Gasteiger partial charge in [-0.25, -0.2) is 17.9 Å². The minimum absolute atomic E-state index is 0. The van der Waals surface area contributed by atoms with Crippen molar-refractivity contribution in [3.8, 4) is 0 Å². The first kappa shape index (κ1) is 8.84. The van der Waals surface area contributed by atoms with E-state index in [9.17, 15) is 12.8 Å². The number of hydrogen-bond acceptors (Lipinski definition) is 2. The Bertz CT molecular complexity index is 195. The van der Waals surface area contributed by atoms with Crippen LogP contribution in [-0.4, -0.2) is 13.4 Å². The van der Waals surface area contributed by atoms with E-state index < -0.39 is 15.0 Å². The van der Waals surface area contributed by atoms with Gasteiger partial charge in [-0.05, 0) is 0 Å². The van der Waals surface area contributed by atoms with Crippen molar-refractivity contribution in [1.82, 2.24) is 0 Å². The van der Waals surface area contributed by atoms with E-state index in [0.717, 1.165) is 0 Å². The van der Waals surface area contributed by atoms with Crippen LogP contribution in [0.1, 0.15) is 20.3 Å². The van der Waals surface area contributed by atoms with Crippen molar-refractivity contribution in [3.63, 3.8) is 0 Å². The normalized spacial score (nSPS) is 22.4. The molecule has 0 aromatic rings. The van der Waals surface area contributed by atoms with Crippen LogP contribution in [0.4, 0.5) is 4.39 Å². The average molecular weight is 155 g/mol. The monoisotopic (exact) mass is 155 g/mol. The van der Waals surface area contributed by atoms with Crippen LogP contribution in [0.15, 0.2) is 0 Å². The van der Waals surface area contributed by atoms with Crippen molar-refractivity contribution in [3.05, 3.63) is 0 Å². The first-order valence-electron chi connectivity index (χ1n) is 2.17. The quantitative estimate of drug-likeness (QED) is 0.594. The first-order valence-corrected chi connectivity index (χ1v) is 3.72. The minimum Gasteiger partial charge on any atom is -0.226 e. The van der Waals surface area contributed by atoms with Crippen LogP contribution < -0.4 is 5.14 Å². The summed E-state index contributed by atoms with van der Waals surface area (Å²) in [5.41, 5.74) is 0. The third-order valence-corrected chi connectivity index (χ3v) is 2.58. The fourth-order valence-corrected chi connectivity index (χ4v) is 1.05. The van der Waals surface area contributed by atoms with Crippen molar-refractivity contribution in [2.45, 2.75) is 25.3 Å². The molecule has 0 saturated heterocycles. The van der Waals surface area contributed by atoms with E-state index in [4.69, 9.17) is 0 Å². The molecule has 1 saturated carbocycles. The molecule has 0 heterocycles. The molecule has 0 aliphatic heterocycles. The largest absolute Gasteiger partial charge is 0.244 e. The second kappa shape index (κ2) is 1.91. The molecule has 9 heavy (non-hydrogen) atoms. The van der Waals surface area contributed by atoms with Gasteiger partial charge in [-0.1, -0.05) is 7.43 Å². The van der Waals surface area contributed by atoms with Gasteiger partial charge in [0.2, 0.25) is 15.0 Å². The third kappa shape index (κ3) is 1.40. The van der Waals surface area contributed by atoms with Crippen LogP contribution in [0.3, 0.4) is 0 Å². The second-order valence-electron chi connectivity index (χ2n) is 1.93. The Labute approximate surface area is 54.1 Å². The molecule has 56 valence electrons. The zero-order valence-corrected chi connectivity index (χ0v) is 4.91. The number of primary sulfonamides is 1.